The lowest BCUT2D eigenvalue weighted by atomic mass is 10.3. The third-order valence-electron chi connectivity index (χ3n) is 2.21. The van der Waals surface area contributed by atoms with Crippen LogP contribution in [0, 0.1) is 6.92 Å². The van der Waals surface area contributed by atoms with Crippen LogP contribution in [0.1, 0.15) is 23.1 Å². The second kappa shape index (κ2) is 4.09. The Kier molecular flexibility index (Phi) is 2.78. The van der Waals surface area contributed by atoms with E-state index in [0.29, 0.717) is 17.9 Å². The summed E-state index contributed by atoms with van der Waals surface area (Å²) in [6, 6.07) is 0. The lowest BCUT2D eigenvalue weighted by molar-refractivity contribution is 0.0519. The molecule has 0 N–H and O–H groups in total. The number of esters is 1. The molecule has 0 amide bonds. The third kappa shape index (κ3) is 1.63. The Morgan fingerprint density at radius 1 is 1.62 bits per heavy atom. The van der Waals surface area contributed by atoms with E-state index in [4.69, 9.17) is 16.3 Å². The van der Waals surface area contributed by atoms with E-state index in [1.165, 1.54) is 0 Å². The summed E-state index contributed by atoms with van der Waals surface area (Å²) in [4.78, 5) is 19.6. The Hall–Kier alpha value is -1.62. The van der Waals surface area contributed by atoms with E-state index < -0.39 is 5.97 Å². The normalized spacial score (nSPS) is 10.7. The van der Waals surface area contributed by atoms with Gasteiger partial charge in [0.15, 0.2) is 16.5 Å². The number of aryl methyl sites for hydroxylation is 1. The van der Waals surface area contributed by atoms with Crippen molar-refractivity contribution in [3.05, 3.63) is 28.9 Å². The number of fused-ring (bicyclic) bond motifs is 1. The van der Waals surface area contributed by atoms with Gasteiger partial charge in [0.2, 0.25) is 0 Å². The fraction of sp³-hybridized carbons (Fsp3) is 0.300. The fourth-order valence-electron chi connectivity index (χ4n) is 1.46. The zero-order chi connectivity index (χ0) is 11.7. The Morgan fingerprint density at radius 3 is 3.00 bits per heavy atom. The van der Waals surface area contributed by atoms with Crippen molar-refractivity contribution >= 4 is 23.2 Å². The van der Waals surface area contributed by atoms with Crippen LogP contribution in [0.3, 0.4) is 0 Å². The third-order valence-corrected chi connectivity index (χ3v) is 2.47. The summed E-state index contributed by atoms with van der Waals surface area (Å²) in [6.07, 6.45) is 3.26. The number of ether oxygens (including phenoxy) is 1. The summed E-state index contributed by atoms with van der Waals surface area (Å²) in [7, 11) is 0. The van der Waals surface area contributed by atoms with Crippen molar-refractivity contribution in [2.75, 3.05) is 6.61 Å². The number of rotatable bonds is 2. The topological polar surface area (TPSA) is 56.5 Å². The van der Waals surface area contributed by atoms with Gasteiger partial charge >= 0.3 is 5.97 Å². The number of hydrogen-bond donors (Lipinski definition) is 0. The molecule has 2 aromatic heterocycles. The van der Waals surface area contributed by atoms with Gasteiger partial charge in [-0.3, -0.25) is 4.40 Å². The molecule has 0 unspecified atom stereocenters. The largest absolute Gasteiger partial charge is 0.461 e. The number of nitrogens with zero attached hydrogens (tertiary/aromatic N) is 3. The highest BCUT2D eigenvalue weighted by Gasteiger charge is 2.18. The van der Waals surface area contributed by atoms with Crippen LogP contribution < -0.4 is 0 Å². The van der Waals surface area contributed by atoms with Crippen LogP contribution >= 0.6 is 11.6 Å². The molecule has 0 aliphatic heterocycles. The summed E-state index contributed by atoms with van der Waals surface area (Å²) >= 11 is 5.88. The maximum Gasteiger partial charge on any atom is 0.358 e. The van der Waals surface area contributed by atoms with Crippen molar-refractivity contribution in [3.8, 4) is 0 Å². The van der Waals surface area contributed by atoms with Crippen LogP contribution in [-0.2, 0) is 4.74 Å². The molecule has 0 aromatic carbocycles. The molecule has 0 radical (unpaired) electrons. The Balaban J connectivity index is 2.60. The molecule has 6 heteroatoms. The van der Waals surface area contributed by atoms with Gasteiger partial charge in [0, 0.05) is 12.4 Å². The highest BCUT2D eigenvalue weighted by Crippen LogP contribution is 2.17. The van der Waals surface area contributed by atoms with Gasteiger partial charge in [0.25, 0.3) is 0 Å². The van der Waals surface area contributed by atoms with Gasteiger partial charge in [-0.15, -0.1) is 0 Å². The maximum atomic E-state index is 11.6. The minimum absolute atomic E-state index is 0.265. The highest BCUT2D eigenvalue weighted by atomic mass is 35.5. The van der Waals surface area contributed by atoms with Gasteiger partial charge < -0.3 is 4.74 Å². The number of halogens is 1. The van der Waals surface area contributed by atoms with Crippen LogP contribution in [0.15, 0.2) is 12.4 Å². The zero-order valence-electron chi connectivity index (χ0n) is 8.90. The first kappa shape index (κ1) is 10.9. The molecule has 0 spiro atoms. The quantitative estimate of drug-likeness (QED) is 0.751. The molecule has 2 rings (SSSR count). The molecule has 16 heavy (non-hydrogen) atoms. The molecule has 0 saturated heterocycles. The molecule has 5 nitrogen and oxygen atoms in total. The summed E-state index contributed by atoms with van der Waals surface area (Å²) < 4.78 is 6.61. The Bertz CT molecular complexity index is 550. The molecule has 0 atom stereocenters. The average Bonchev–Trinajstić information content (AvgIpc) is 2.59. The fourth-order valence-corrected chi connectivity index (χ4v) is 1.65. The van der Waals surface area contributed by atoms with Gasteiger partial charge in [-0.05, 0) is 13.8 Å². The first-order valence-corrected chi connectivity index (χ1v) is 5.19. The van der Waals surface area contributed by atoms with Crippen LogP contribution in [0.25, 0.3) is 5.65 Å². The molecular formula is C10H10ClN3O2. The van der Waals surface area contributed by atoms with Crippen molar-refractivity contribution in [3.63, 3.8) is 0 Å². The first-order valence-electron chi connectivity index (χ1n) is 4.81. The molecule has 2 heterocycles. The molecular weight excluding hydrogens is 230 g/mol. The first-order chi connectivity index (χ1) is 7.65. The predicted molar refractivity (Wildman–Crippen MR) is 58.7 cm³/mol. The summed E-state index contributed by atoms with van der Waals surface area (Å²) in [5.41, 5.74) is 1.43. The number of carbonyl (C=O) groups excluding carboxylic acids is 1. The van der Waals surface area contributed by atoms with Gasteiger partial charge in [-0.2, -0.15) is 0 Å². The summed E-state index contributed by atoms with van der Waals surface area (Å²) in [6.45, 7) is 3.85. The predicted octanol–water partition coefficient (Wildman–Crippen LogP) is 1.87. The minimum atomic E-state index is -0.445. The summed E-state index contributed by atoms with van der Waals surface area (Å²) in [5, 5.41) is 0.265. The van der Waals surface area contributed by atoms with Crippen molar-refractivity contribution in [2.24, 2.45) is 0 Å². The van der Waals surface area contributed by atoms with Crippen molar-refractivity contribution in [1.29, 1.82) is 0 Å². The lowest BCUT2D eigenvalue weighted by Gasteiger charge is -1.98. The molecule has 0 aliphatic carbocycles. The molecule has 0 aliphatic rings. The number of imidazole rings is 1. The zero-order valence-corrected chi connectivity index (χ0v) is 9.65. The van der Waals surface area contributed by atoms with Crippen LogP contribution in [0.4, 0.5) is 0 Å². The monoisotopic (exact) mass is 239 g/mol. The minimum Gasteiger partial charge on any atom is -0.461 e. The van der Waals surface area contributed by atoms with E-state index in [1.54, 1.807) is 30.6 Å². The number of aromatic nitrogens is 3. The van der Waals surface area contributed by atoms with Gasteiger partial charge in [-0.25, -0.2) is 14.8 Å². The average molecular weight is 240 g/mol. The van der Waals surface area contributed by atoms with E-state index in [2.05, 4.69) is 9.97 Å². The SMILES string of the molecule is CCOC(=O)c1nc2c(Cl)nccn2c1C. The van der Waals surface area contributed by atoms with Crippen LogP contribution in [0.5, 0.6) is 0 Å². The van der Waals surface area contributed by atoms with Gasteiger partial charge in [-0.1, -0.05) is 11.6 Å². The van der Waals surface area contributed by atoms with Crippen molar-refractivity contribution < 1.29 is 9.53 Å². The van der Waals surface area contributed by atoms with E-state index >= 15 is 0 Å². The molecule has 0 saturated carbocycles. The second-order valence-electron chi connectivity index (χ2n) is 3.18. The Labute approximate surface area is 97.0 Å². The van der Waals surface area contributed by atoms with Crippen molar-refractivity contribution in [1.82, 2.24) is 14.4 Å². The second-order valence-corrected chi connectivity index (χ2v) is 3.54. The highest BCUT2D eigenvalue weighted by molar-refractivity contribution is 6.32. The van der Waals surface area contributed by atoms with Crippen LogP contribution in [-0.4, -0.2) is 26.9 Å². The van der Waals surface area contributed by atoms with E-state index in [9.17, 15) is 4.79 Å². The van der Waals surface area contributed by atoms with Crippen LogP contribution in [0.2, 0.25) is 5.15 Å². The molecule has 84 valence electrons. The lowest BCUT2D eigenvalue weighted by Crippen LogP contribution is -2.06. The van der Waals surface area contributed by atoms with E-state index in [1.807, 2.05) is 0 Å². The number of hydrogen-bond acceptors (Lipinski definition) is 4. The van der Waals surface area contributed by atoms with Gasteiger partial charge in [0.1, 0.15) is 0 Å². The smallest absolute Gasteiger partial charge is 0.358 e. The summed E-state index contributed by atoms with van der Waals surface area (Å²) in [5.74, 6) is -0.445. The van der Waals surface area contributed by atoms with Gasteiger partial charge in [0.05, 0.1) is 12.3 Å². The Morgan fingerprint density at radius 2 is 2.38 bits per heavy atom. The maximum absolute atomic E-state index is 11.6. The van der Waals surface area contributed by atoms with Crippen molar-refractivity contribution in [2.45, 2.75) is 13.8 Å². The molecule has 0 bridgehead atoms. The van der Waals surface area contributed by atoms with E-state index in [-0.39, 0.29) is 10.8 Å². The standard InChI is InChI=1S/C10H10ClN3O2/c1-3-16-10(15)7-6(2)14-5-4-12-8(11)9(14)13-7/h4-5H,3H2,1-2H3. The molecule has 0 fully saturated rings. The molecule has 2 aromatic rings. The number of carbonyl (C=O) groups is 1. The van der Waals surface area contributed by atoms with E-state index in [0.717, 1.165) is 0 Å².